The lowest BCUT2D eigenvalue weighted by atomic mass is 9.80. The number of ketones is 1. The van der Waals surface area contributed by atoms with Gasteiger partial charge in [-0.15, -0.1) is 6.58 Å². The predicted molar refractivity (Wildman–Crippen MR) is 224 cm³/mol. The molecule has 2 saturated heterocycles. The lowest BCUT2D eigenvalue weighted by Crippen LogP contribution is -2.73. The fourth-order valence-corrected chi connectivity index (χ4v) is 10.00. The predicted octanol–water partition coefficient (Wildman–Crippen LogP) is 4.80. The fourth-order valence-electron chi connectivity index (χ4n) is 10.00. The molecule has 14 nitrogen and oxygen atoms in total. The van der Waals surface area contributed by atoms with E-state index >= 15 is 0 Å². The summed E-state index contributed by atoms with van der Waals surface area (Å²) in [7, 11) is 4.63. The zero-order valence-corrected chi connectivity index (χ0v) is 37.5. The molecule has 3 aliphatic heterocycles. The molecular weight excluding hydrogens is 774 g/mol. The van der Waals surface area contributed by atoms with Crippen molar-refractivity contribution in [3.8, 4) is 0 Å². The third-order valence-corrected chi connectivity index (χ3v) is 13.5. The molecule has 342 valence electrons. The van der Waals surface area contributed by atoms with Gasteiger partial charge in [-0.2, -0.15) is 0 Å². The van der Waals surface area contributed by atoms with Gasteiger partial charge in [0.15, 0.2) is 0 Å². The van der Waals surface area contributed by atoms with Gasteiger partial charge < -0.3 is 53.7 Å². The Kier molecular flexibility index (Phi) is 18.5. The highest BCUT2D eigenvalue weighted by Crippen LogP contribution is 2.45. The summed E-state index contributed by atoms with van der Waals surface area (Å²) in [5, 5.41) is 47.4. The van der Waals surface area contributed by atoms with E-state index in [1.165, 1.54) is 19.1 Å². The number of hydrogen-bond donors (Lipinski definition) is 4. The number of methoxy groups -OCH3 is 3. The van der Waals surface area contributed by atoms with Crippen molar-refractivity contribution in [3.05, 3.63) is 36.0 Å². The Morgan fingerprint density at radius 2 is 1.60 bits per heavy atom. The van der Waals surface area contributed by atoms with Gasteiger partial charge in [0.2, 0.25) is 5.79 Å². The normalized spacial score (nSPS) is 41.1. The van der Waals surface area contributed by atoms with Gasteiger partial charge in [0.25, 0.3) is 5.91 Å². The molecule has 4 aliphatic rings. The number of piperidine rings is 1. The molecule has 2 unspecified atom stereocenters. The molecule has 3 heterocycles. The van der Waals surface area contributed by atoms with Crippen LogP contribution in [0.5, 0.6) is 0 Å². The average molecular weight is 850 g/mol. The summed E-state index contributed by atoms with van der Waals surface area (Å²) in [6, 6.07) is -1.18. The van der Waals surface area contributed by atoms with Gasteiger partial charge in [-0.3, -0.25) is 9.59 Å². The molecule has 3 fully saturated rings. The van der Waals surface area contributed by atoms with Crippen LogP contribution in [0, 0.1) is 29.6 Å². The lowest BCUT2D eigenvalue weighted by Gasteiger charge is -2.53. The summed E-state index contributed by atoms with van der Waals surface area (Å²) in [6.45, 7) is 14.6. The van der Waals surface area contributed by atoms with Gasteiger partial charge in [-0.05, 0) is 102 Å². The highest BCUT2D eigenvalue weighted by Gasteiger charge is 2.66. The molecule has 1 aliphatic carbocycles. The van der Waals surface area contributed by atoms with E-state index in [4.69, 9.17) is 28.4 Å². The molecule has 1 saturated carbocycles. The second-order valence-corrected chi connectivity index (χ2v) is 18.0. The lowest BCUT2D eigenvalue weighted by molar-refractivity contribution is -0.421. The summed E-state index contributed by atoms with van der Waals surface area (Å²) < 4.78 is 36.1. The molecular formula is C46H75NO13. The Balaban J connectivity index is 1.85. The molecule has 0 spiro atoms. The monoisotopic (exact) mass is 850 g/mol. The first kappa shape index (κ1) is 50.1. The maximum Gasteiger partial charge on any atom is 0.329 e. The largest absolute Gasteiger partial charge is 0.456 e. The van der Waals surface area contributed by atoms with Crippen LogP contribution in [-0.2, 0) is 42.8 Å². The molecule has 4 N–H and O–H groups in total. The maximum absolute atomic E-state index is 14.9. The minimum atomic E-state index is -2.95. The van der Waals surface area contributed by atoms with E-state index in [-0.39, 0.29) is 56.1 Å². The van der Waals surface area contributed by atoms with Gasteiger partial charge in [0.05, 0.1) is 30.5 Å². The number of carbonyl (C=O) groups is 3. The number of Topliss-reactive ketones (excluding diaryl/α,β-unsaturated/α-hetero) is 1. The molecule has 14 heteroatoms. The van der Waals surface area contributed by atoms with Crippen LogP contribution in [-0.4, -0.2) is 138 Å². The van der Waals surface area contributed by atoms with E-state index in [0.29, 0.717) is 56.9 Å². The zero-order valence-electron chi connectivity index (χ0n) is 37.5. The molecule has 4 rings (SSSR count). The number of aliphatic hydroxyl groups is 4. The Bertz CT molecular complexity index is 1520. The highest BCUT2D eigenvalue weighted by molar-refractivity contribution is 5.90. The van der Waals surface area contributed by atoms with Crippen molar-refractivity contribution in [3.63, 3.8) is 0 Å². The molecule has 60 heavy (non-hydrogen) atoms. The van der Waals surface area contributed by atoms with Crippen molar-refractivity contribution in [2.75, 3.05) is 34.5 Å². The summed E-state index contributed by atoms with van der Waals surface area (Å²) in [6.07, 6.45) is 4.67. The van der Waals surface area contributed by atoms with Crippen molar-refractivity contribution in [1.82, 2.24) is 4.90 Å². The summed E-state index contributed by atoms with van der Waals surface area (Å²) in [5.41, 5.74) is 1.60. The minimum Gasteiger partial charge on any atom is -0.456 e. The van der Waals surface area contributed by atoms with Crippen molar-refractivity contribution < 1.29 is 63.2 Å². The number of cyclic esters (lactones) is 1. The molecule has 0 aromatic rings. The number of rotatable bonds is 9. The number of fused-ring (bicyclic) bond motifs is 3. The standard InChI is InChI=1S/C46H75NO13/c1-11-15-33-21-27(3)20-28(4)22-39(56-9)42-40(57-10)24-30(6)45(53,60-42)46(54,58-12-2)44(52)47-19-14-13-16-34(47)43(51)59-41(31(7)36(49)26-37(33)50)29(5)23-32-17-18-35(48)38(25-32)55-8/h11,21,23,28,30-36,38-42,48-49,53-54H,1,12-20,22,24-26H2,2-10H3/b27-21?,29-23+/t28-,30+,31+,32-,33+,34-,35+,36-,38+,39-,40-,41+,42?,45-,46?/m0/s1. The summed E-state index contributed by atoms with van der Waals surface area (Å²) in [5.74, 6) is -9.72. The van der Waals surface area contributed by atoms with E-state index < -0.39 is 83.9 Å². The topological polar surface area (TPSA) is 191 Å². The molecule has 15 atom stereocenters. The van der Waals surface area contributed by atoms with Crippen LogP contribution in [0.1, 0.15) is 112 Å². The van der Waals surface area contributed by atoms with Gasteiger partial charge in [0.1, 0.15) is 24.0 Å². The van der Waals surface area contributed by atoms with Gasteiger partial charge in [0, 0.05) is 58.7 Å². The second kappa shape index (κ2) is 22.2. The highest BCUT2D eigenvalue weighted by atomic mass is 16.7. The molecule has 2 bridgehead atoms. The number of nitrogens with zero attached hydrogens (tertiary/aromatic N) is 1. The van der Waals surface area contributed by atoms with Crippen LogP contribution in [0.3, 0.4) is 0 Å². The van der Waals surface area contributed by atoms with E-state index in [1.807, 2.05) is 32.9 Å². The first-order chi connectivity index (χ1) is 28.4. The number of hydrogen-bond acceptors (Lipinski definition) is 13. The summed E-state index contributed by atoms with van der Waals surface area (Å²) >= 11 is 0. The second-order valence-electron chi connectivity index (χ2n) is 18.0. The summed E-state index contributed by atoms with van der Waals surface area (Å²) in [4.78, 5) is 44.6. The Labute approximate surface area is 357 Å². The number of allylic oxidation sites excluding steroid dienone is 4. The van der Waals surface area contributed by atoms with Crippen LogP contribution in [0.15, 0.2) is 36.0 Å². The zero-order chi connectivity index (χ0) is 44.5. The van der Waals surface area contributed by atoms with Crippen LogP contribution < -0.4 is 0 Å². The number of esters is 1. The number of aliphatic hydroxyl groups excluding tert-OH is 2. The van der Waals surface area contributed by atoms with E-state index in [1.54, 1.807) is 34.0 Å². The SMILES string of the molecule is C=CC[C@@H]1C=C(C)C[C@H](C)C[C@H](OC)C2O[C@@](O)([C@H](C)C[C@@H]2OC)C(O)(OCC)C(=O)N2CCCC[C@H]2C(=O)O[C@H](/C(C)=C/[C@@H]2CC[C@@H](O)[C@H](OC)C2)[C@H](C)[C@@H](O)CC1=O. The number of amides is 1. The van der Waals surface area contributed by atoms with Crippen molar-refractivity contribution in [2.45, 2.75) is 173 Å². The van der Waals surface area contributed by atoms with Crippen molar-refractivity contribution in [2.24, 2.45) is 29.6 Å². The Hall–Kier alpha value is -2.53. The number of ether oxygens (including phenoxy) is 6. The van der Waals surface area contributed by atoms with E-state index in [9.17, 15) is 34.8 Å². The quantitative estimate of drug-likeness (QED) is 0.141. The molecule has 0 aromatic carbocycles. The van der Waals surface area contributed by atoms with Crippen LogP contribution in [0.4, 0.5) is 0 Å². The van der Waals surface area contributed by atoms with Gasteiger partial charge >= 0.3 is 11.8 Å². The first-order valence-corrected chi connectivity index (χ1v) is 22.1. The third kappa shape index (κ3) is 11.3. The smallest absolute Gasteiger partial charge is 0.329 e. The van der Waals surface area contributed by atoms with Crippen molar-refractivity contribution >= 4 is 17.7 Å². The van der Waals surface area contributed by atoms with Crippen LogP contribution in [0.2, 0.25) is 0 Å². The Morgan fingerprint density at radius 3 is 2.23 bits per heavy atom. The molecule has 0 radical (unpaired) electrons. The first-order valence-electron chi connectivity index (χ1n) is 22.1. The van der Waals surface area contributed by atoms with E-state index in [2.05, 4.69) is 6.58 Å². The van der Waals surface area contributed by atoms with E-state index in [0.717, 1.165) is 5.57 Å². The fraction of sp³-hybridized carbons (Fsp3) is 0.804. The van der Waals surface area contributed by atoms with Gasteiger partial charge in [-0.1, -0.05) is 44.6 Å². The van der Waals surface area contributed by atoms with Crippen molar-refractivity contribution in [1.29, 1.82) is 0 Å². The van der Waals surface area contributed by atoms with Crippen LogP contribution >= 0.6 is 0 Å². The molecule has 0 aromatic heterocycles. The average Bonchev–Trinajstić information content (AvgIpc) is 3.22. The maximum atomic E-state index is 14.9. The Morgan fingerprint density at radius 1 is 0.933 bits per heavy atom. The van der Waals surface area contributed by atoms with Crippen LogP contribution in [0.25, 0.3) is 0 Å². The molecule has 1 amide bonds. The third-order valence-electron chi connectivity index (χ3n) is 13.5. The number of carbonyl (C=O) groups excluding carboxylic acids is 3. The van der Waals surface area contributed by atoms with Gasteiger partial charge in [-0.25, -0.2) is 4.79 Å². The minimum absolute atomic E-state index is 0.00857.